The van der Waals surface area contributed by atoms with E-state index in [-0.39, 0.29) is 11.7 Å². The Bertz CT molecular complexity index is 917. The van der Waals surface area contributed by atoms with Gasteiger partial charge in [-0.25, -0.2) is 4.79 Å². The molecule has 0 saturated heterocycles. The van der Waals surface area contributed by atoms with E-state index in [1.807, 2.05) is 36.4 Å². The van der Waals surface area contributed by atoms with Crippen LogP contribution in [0.5, 0.6) is 0 Å². The second kappa shape index (κ2) is 7.20. The largest absolute Gasteiger partial charge is 0.423 e. The van der Waals surface area contributed by atoms with Gasteiger partial charge in [-0.05, 0) is 31.0 Å². The van der Waals surface area contributed by atoms with E-state index in [0.717, 1.165) is 33.5 Å². The second-order valence-corrected chi connectivity index (χ2v) is 6.43. The molecule has 3 aromatic rings. The van der Waals surface area contributed by atoms with E-state index < -0.39 is 0 Å². The fourth-order valence-electron chi connectivity index (χ4n) is 2.94. The Hall–Kier alpha value is -2.10. The molecule has 1 atom stereocenters. The van der Waals surface area contributed by atoms with Crippen LogP contribution in [0.15, 0.2) is 57.7 Å². The SMILES string of the molecule is CCc1ccc2c(C[NH2+][C@H](C)c3ccccc3Cl)cc(=O)oc2c1. The molecule has 0 unspecified atom stereocenters. The van der Waals surface area contributed by atoms with E-state index in [0.29, 0.717) is 12.1 Å². The molecule has 0 saturated carbocycles. The van der Waals surface area contributed by atoms with E-state index in [1.54, 1.807) is 6.07 Å². The van der Waals surface area contributed by atoms with Gasteiger partial charge in [0.1, 0.15) is 18.2 Å². The number of benzene rings is 2. The van der Waals surface area contributed by atoms with Crippen molar-refractivity contribution >= 4 is 22.6 Å². The minimum absolute atomic E-state index is 0.205. The van der Waals surface area contributed by atoms with Gasteiger partial charge >= 0.3 is 5.63 Å². The summed E-state index contributed by atoms with van der Waals surface area (Å²) in [7, 11) is 0. The van der Waals surface area contributed by atoms with Crippen LogP contribution in [0.25, 0.3) is 11.0 Å². The third-order valence-electron chi connectivity index (χ3n) is 4.39. The molecule has 0 amide bonds. The Morgan fingerprint density at radius 1 is 1.17 bits per heavy atom. The van der Waals surface area contributed by atoms with E-state index in [9.17, 15) is 4.79 Å². The van der Waals surface area contributed by atoms with E-state index in [1.165, 1.54) is 0 Å². The van der Waals surface area contributed by atoms with Crippen molar-refractivity contribution in [3.8, 4) is 0 Å². The predicted molar refractivity (Wildman–Crippen MR) is 97.4 cm³/mol. The zero-order valence-corrected chi connectivity index (χ0v) is 14.6. The van der Waals surface area contributed by atoms with E-state index in [4.69, 9.17) is 16.0 Å². The van der Waals surface area contributed by atoms with E-state index >= 15 is 0 Å². The minimum Gasteiger partial charge on any atom is -0.423 e. The molecule has 124 valence electrons. The molecular weight excluding hydrogens is 322 g/mol. The van der Waals surface area contributed by atoms with Crippen LogP contribution in [-0.4, -0.2) is 0 Å². The highest BCUT2D eigenvalue weighted by Gasteiger charge is 2.14. The monoisotopic (exact) mass is 342 g/mol. The maximum absolute atomic E-state index is 11.9. The molecule has 1 heterocycles. The molecular formula is C20H21ClNO2+. The lowest BCUT2D eigenvalue weighted by molar-refractivity contribution is -0.707. The van der Waals surface area contributed by atoms with Crippen molar-refractivity contribution in [1.82, 2.24) is 0 Å². The number of nitrogens with two attached hydrogens (primary N) is 1. The summed E-state index contributed by atoms with van der Waals surface area (Å²) >= 11 is 6.27. The Morgan fingerprint density at radius 3 is 2.71 bits per heavy atom. The van der Waals surface area contributed by atoms with Gasteiger partial charge in [0, 0.05) is 27.6 Å². The molecule has 0 aliphatic rings. The zero-order chi connectivity index (χ0) is 17.1. The summed E-state index contributed by atoms with van der Waals surface area (Å²) in [5.41, 5.74) is 3.61. The molecule has 0 bridgehead atoms. The summed E-state index contributed by atoms with van der Waals surface area (Å²) in [6.07, 6.45) is 0.916. The molecule has 2 N–H and O–H groups in total. The third kappa shape index (κ3) is 3.53. The highest BCUT2D eigenvalue weighted by molar-refractivity contribution is 6.31. The van der Waals surface area contributed by atoms with Crippen molar-refractivity contribution in [2.24, 2.45) is 0 Å². The van der Waals surface area contributed by atoms with Crippen LogP contribution in [0.2, 0.25) is 5.02 Å². The molecule has 4 heteroatoms. The molecule has 0 spiro atoms. The molecule has 3 nitrogen and oxygen atoms in total. The van der Waals surface area contributed by atoms with Crippen molar-refractivity contribution < 1.29 is 9.73 Å². The van der Waals surface area contributed by atoms with Crippen molar-refractivity contribution in [1.29, 1.82) is 0 Å². The number of hydrogen-bond donors (Lipinski definition) is 1. The third-order valence-corrected chi connectivity index (χ3v) is 4.73. The molecule has 3 rings (SSSR count). The molecule has 2 aromatic carbocycles. The topological polar surface area (TPSA) is 46.8 Å². The van der Waals surface area contributed by atoms with Crippen LogP contribution in [-0.2, 0) is 13.0 Å². The normalized spacial score (nSPS) is 12.5. The fourth-order valence-corrected chi connectivity index (χ4v) is 3.25. The Kier molecular flexibility index (Phi) is 5.03. The number of quaternary nitrogens is 1. The first-order valence-electron chi connectivity index (χ1n) is 8.22. The number of hydrogen-bond acceptors (Lipinski definition) is 2. The van der Waals surface area contributed by atoms with Crippen molar-refractivity contribution in [2.45, 2.75) is 32.9 Å². The fraction of sp³-hybridized carbons (Fsp3) is 0.250. The Labute approximate surface area is 146 Å². The van der Waals surface area contributed by atoms with Crippen LogP contribution in [0, 0.1) is 0 Å². The standard InChI is InChI=1S/C20H20ClNO2/c1-3-14-8-9-17-15(11-20(23)24-19(17)10-14)12-22-13(2)16-6-4-5-7-18(16)21/h4-11,13,22H,3,12H2,1-2H3/p+1/t13-/m1/s1. The Balaban J connectivity index is 1.87. The highest BCUT2D eigenvalue weighted by atomic mass is 35.5. The van der Waals surface area contributed by atoms with Gasteiger partial charge in [0.2, 0.25) is 0 Å². The van der Waals surface area contributed by atoms with Gasteiger partial charge in [-0.3, -0.25) is 0 Å². The van der Waals surface area contributed by atoms with Gasteiger partial charge in [0.15, 0.2) is 0 Å². The van der Waals surface area contributed by atoms with Crippen molar-refractivity contribution in [3.63, 3.8) is 0 Å². The zero-order valence-electron chi connectivity index (χ0n) is 13.9. The number of halogens is 1. The highest BCUT2D eigenvalue weighted by Crippen LogP contribution is 2.21. The summed E-state index contributed by atoms with van der Waals surface area (Å²) in [5.74, 6) is 0. The molecule has 1 aromatic heterocycles. The van der Waals surface area contributed by atoms with Crippen molar-refractivity contribution in [2.75, 3.05) is 0 Å². The summed E-state index contributed by atoms with van der Waals surface area (Å²) in [6, 6.07) is 15.7. The number of rotatable bonds is 5. The predicted octanol–water partition coefficient (Wildman–Crippen LogP) is 3.83. The lowest BCUT2D eigenvalue weighted by Gasteiger charge is -2.13. The van der Waals surface area contributed by atoms with Crippen molar-refractivity contribution in [3.05, 3.63) is 80.7 Å². The Morgan fingerprint density at radius 2 is 1.96 bits per heavy atom. The van der Waals surface area contributed by atoms with Crippen LogP contribution < -0.4 is 10.9 Å². The molecule has 0 aliphatic carbocycles. The lowest BCUT2D eigenvalue weighted by Crippen LogP contribution is -2.83. The van der Waals surface area contributed by atoms with Crippen LogP contribution >= 0.6 is 11.6 Å². The number of aryl methyl sites for hydroxylation is 1. The summed E-state index contributed by atoms with van der Waals surface area (Å²) in [6.45, 7) is 4.90. The average Bonchev–Trinajstić information content (AvgIpc) is 2.59. The molecule has 0 radical (unpaired) electrons. The van der Waals surface area contributed by atoms with Gasteiger partial charge in [-0.2, -0.15) is 0 Å². The molecule has 0 fully saturated rings. The summed E-state index contributed by atoms with van der Waals surface area (Å²) < 4.78 is 5.36. The second-order valence-electron chi connectivity index (χ2n) is 6.02. The maximum atomic E-state index is 11.9. The summed E-state index contributed by atoms with van der Waals surface area (Å²) in [4.78, 5) is 11.9. The van der Waals surface area contributed by atoms with Crippen LogP contribution in [0.1, 0.15) is 36.6 Å². The van der Waals surface area contributed by atoms with E-state index in [2.05, 4.69) is 25.2 Å². The molecule has 24 heavy (non-hydrogen) atoms. The first-order chi connectivity index (χ1) is 11.6. The molecule has 0 aliphatic heterocycles. The van der Waals surface area contributed by atoms with Gasteiger partial charge < -0.3 is 9.73 Å². The number of fused-ring (bicyclic) bond motifs is 1. The van der Waals surface area contributed by atoms with Gasteiger partial charge in [-0.15, -0.1) is 0 Å². The quantitative estimate of drug-likeness (QED) is 0.716. The lowest BCUT2D eigenvalue weighted by atomic mass is 10.0. The average molecular weight is 343 g/mol. The maximum Gasteiger partial charge on any atom is 0.336 e. The minimum atomic E-state index is -0.301. The van der Waals surface area contributed by atoms with Crippen LogP contribution in [0.4, 0.5) is 0 Å². The van der Waals surface area contributed by atoms with Gasteiger partial charge in [0.25, 0.3) is 0 Å². The first-order valence-corrected chi connectivity index (χ1v) is 8.59. The van der Waals surface area contributed by atoms with Gasteiger partial charge in [0.05, 0.1) is 0 Å². The van der Waals surface area contributed by atoms with Gasteiger partial charge in [-0.1, -0.05) is 48.9 Å². The van der Waals surface area contributed by atoms with Crippen LogP contribution in [0.3, 0.4) is 0 Å². The summed E-state index contributed by atoms with van der Waals surface area (Å²) in [5, 5.41) is 3.95. The first kappa shape index (κ1) is 16.7. The smallest absolute Gasteiger partial charge is 0.336 e.